The summed E-state index contributed by atoms with van der Waals surface area (Å²) in [7, 11) is 0. The molecule has 3 N–H and O–H groups in total. The van der Waals surface area contributed by atoms with Crippen LogP contribution in [0.4, 0.5) is 5.69 Å². The number of carbonyl (C=O) groups excluding carboxylic acids is 1. The first-order valence-corrected chi connectivity index (χ1v) is 4.23. The van der Waals surface area contributed by atoms with E-state index in [1.165, 1.54) is 0 Å². The molecule has 0 fully saturated rings. The number of rotatable bonds is 0. The second kappa shape index (κ2) is 2.25. The average Bonchev–Trinajstić information content (AvgIpc) is 2.22. The number of carbonyl (C=O) groups is 1. The summed E-state index contributed by atoms with van der Waals surface area (Å²) in [6.07, 6.45) is 0. The van der Waals surface area contributed by atoms with Crippen molar-refractivity contribution in [3.05, 3.63) is 29.3 Å². The van der Waals surface area contributed by atoms with Crippen LogP contribution >= 0.6 is 0 Å². The monoisotopic (exact) mass is 176 g/mol. The molecule has 2 rings (SSSR count). The van der Waals surface area contributed by atoms with E-state index >= 15 is 0 Å². The lowest BCUT2D eigenvalue weighted by Gasteiger charge is -2.18. The summed E-state index contributed by atoms with van der Waals surface area (Å²) in [4.78, 5) is 11.5. The lowest BCUT2D eigenvalue weighted by Crippen LogP contribution is -2.32. The zero-order valence-electron chi connectivity index (χ0n) is 7.72. The van der Waals surface area contributed by atoms with E-state index < -0.39 is 0 Å². The first kappa shape index (κ1) is 8.10. The standard InChI is InChI=1S/C10H12N2O/c1-10(2)8-4-3-6(11)5-7(8)9(13)12-10/h3-5H,11H2,1-2H3,(H,12,13). The van der Waals surface area contributed by atoms with Gasteiger partial charge in [0, 0.05) is 11.3 Å². The predicted octanol–water partition coefficient (Wildman–Crippen LogP) is 1.25. The molecule has 0 spiro atoms. The van der Waals surface area contributed by atoms with Crippen molar-refractivity contribution in [3.8, 4) is 0 Å². The van der Waals surface area contributed by atoms with Crippen molar-refractivity contribution in [2.45, 2.75) is 19.4 Å². The maximum absolute atomic E-state index is 11.5. The van der Waals surface area contributed by atoms with Gasteiger partial charge in [0.25, 0.3) is 5.91 Å². The van der Waals surface area contributed by atoms with Crippen LogP contribution < -0.4 is 11.1 Å². The summed E-state index contributed by atoms with van der Waals surface area (Å²) in [5, 5.41) is 2.89. The van der Waals surface area contributed by atoms with Crippen molar-refractivity contribution in [2.75, 3.05) is 5.73 Å². The molecule has 1 aromatic rings. The van der Waals surface area contributed by atoms with E-state index in [0.29, 0.717) is 11.3 Å². The van der Waals surface area contributed by atoms with Gasteiger partial charge in [-0.2, -0.15) is 0 Å². The van der Waals surface area contributed by atoms with E-state index in [-0.39, 0.29) is 11.4 Å². The fourth-order valence-corrected chi connectivity index (χ4v) is 1.71. The molecule has 0 radical (unpaired) electrons. The fraction of sp³-hybridized carbons (Fsp3) is 0.300. The average molecular weight is 176 g/mol. The van der Waals surface area contributed by atoms with Crippen LogP contribution in [-0.4, -0.2) is 5.91 Å². The third-order valence-corrected chi connectivity index (χ3v) is 2.39. The van der Waals surface area contributed by atoms with Gasteiger partial charge in [-0.15, -0.1) is 0 Å². The number of hydrogen-bond acceptors (Lipinski definition) is 2. The Morgan fingerprint density at radius 2 is 2.08 bits per heavy atom. The Morgan fingerprint density at radius 3 is 2.77 bits per heavy atom. The van der Waals surface area contributed by atoms with Crippen molar-refractivity contribution in [1.82, 2.24) is 5.32 Å². The molecule has 3 nitrogen and oxygen atoms in total. The molecule has 68 valence electrons. The molecular weight excluding hydrogens is 164 g/mol. The van der Waals surface area contributed by atoms with Crippen molar-refractivity contribution in [2.24, 2.45) is 0 Å². The van der Waals surface area contributed by atoms with Crippen LogP contribution in [0.1, 0.15) is 29.8 Å². The molecule has 0 aliphatic carbocycles. The normalized spacial score (nSPS) is 18.2. The summed E-state index contributed by atoms with van der Waals surface area (Å²) in [5.41, 5.74) is 7.69. The molecule has 0 saturated carbocycles. The highest BCUT2D eigenvalue weighted by atomic mass is 16.2. The van der Waals surface area contributed by atoms with Crippen LogP contribution in [0.25, 0.3) is 0 Å². The largest absolute Gasteiger partial charge is 0.399 e. The van der Waals surface area contributed by atoms with Crippen LogP contribution in [0.3, 0.4) is 0 Å². The number of nitrogens with one attached hydrogen (secondary N) is 1. The molecular formula is C10H12N2O. The molecule has 0 aromatic heterocycles. The molecule has 1 aromatic carbocycles. The summed E-state index contributed by atoms with van der Waals surface area (Å²) in [6, 6.07) is 5.45. The van der Waals surface area contributed by atoms with Crippen molar-refractivity contribution >= 4 is 11.6 Å². The van der Waals surface area contributed by atoms with Crippen LogP contribution in [-0.2, 0) is 5.54 Å². The minimum Gasteiger partial charge on any atom is -0.399 e. The van der Waals surface area contributed by atoms with Gasteiger partial charge in [-0.1, -0.05) is 6.07 Å². The summed E-state index contributed by atoms with van der Waals surface area (Å²) < 4.78 is 0. The number of nitrogens with two attached hydrogens (primary N) is 1. The minimum atomic E-state index is -0.264. The van der Waals surface area contributed by atoms with Gasteiger partial charge in [0.15, 0.2) is 0 Å². The molecule has 3 heteroatoms. The van der Waals surface area contributed by atoms with E-state index in [9.17, 15) is 4.79 Å². The zero-order chi connectivity index (χ0) is 9.64. The molecule has 1 heterocycles. The summed E-state index contributed by atoms with van der Waals surface area (Å²) in [5.74, 6) is -0.0349. The topological polar surface area (TPSA) is 55.1 Å². The van der Waals surface area contributed by atoms with Gasteiger partial charge in [0.2, 0.25) is 0 Å². The van der Waals surface area contributed by atoms with Crippen LogP contribution in [0.15, 0.2) is 18.2 Å². The number of benzene rings is 1. The molecule has 0 saturated heterocycles. The first-order chi connectivity index (χ1) is 6.00. The van der Waals surface area contributed by atoms with E-state index in [0.717, 1.165) is 5.56 Å². The molecule has 1 amide bonds. The third kappa shape index (κ3) is 1.08. The van der Waals surface area contributed by atoms with Crippen LogP contribution in [0.2, 0.25) is 0 Å². The van der Waals surface area contributed by atoms with E-state index in [4.69, 9.17) is 5.73 Å². The van der Waals surface area contributed by atoms with Gasteiger partial charge in [-0.05, 0) is 31.5 Å². The SMILES string of the molecule is CC1(C)NC(=O)c2cc(N)ccc21. The third-order valence-electron chi connectivity index (χ3n) is 2.39. The number of anilines is 1. The maximum atomic E-state index is 11.5. The lowest BCUT2D eigenvalue weighted by molar-refractivity contribution is 0.0940. The molecule has 1 aliphatic rings. The number of fused-ring (bicyclic) bond motifs is 1. The Kier molecular flexibility index (Phi) is 1.40. The predicted molar refractivity (Wildman–Crippen MR) is 51.3 cm³/mol. The molecule has 1 aliphatic heterocycles. The van der Waals surface area contributed by atoms with Gasteiger partial charge in [0.05, 0.1) is 5.54 Å². The van der Waals surface area contributed by atoms with Gasteiger partial charge >= 0.3 is 0 Å². The highest BCUT2D eigenvalue weighted by molar-refractivity contribution is 6.00. The molecule has 13 heavy (non-hydrogen) atoms. The molecule has 0 atom stereocenters. The van der Waals surface area contributed by atoms with Gasteiger partial charge in [-0.3, -0.25) is 4.79 Å². The van der Waals surface area contributed by atoms with Gasteiger partial charge in [-0.25, -0.2) is 0 Å². The minimum absolute atomic E-state index is 0.0349. The van der Waals surface area contributed by atoms with E-state index in [1.54, 1.807) is 6.07 Å². The van der Waals surface area contributed by atoms with E-state index in [2.05, 4.69) is 5.32 Å². The highest BCUT2D eigenvalue weighted by Gasteiger charge is 2.34. The van der Waals surface area contributed by atoms with Crippen molar-refractivity contribution < 1.29 is 4.79 Å². The summed E-state index contributed by atoms with van der Waals surface area (Å²) in [6.45, 7) is 3.96. The molecule has 0 bridgehead atoms. The second-order valence-electron chi connectivity index (χ2n) is 3.88. The number of hydrogen-bond donors (Lipinski definition) is 2. The van der Waals surface area contributed by atoms with Gasteiger partial charge < -0.3 is 11.1 Å². The number of nitrogen functional groups attached to an aromatic ring is 1. The Bertz CT molecular complexity index is 383. The molecule has 0 unspecified atom stereocenters. The van der Waals surface area contributed by atoms with Gasteiger partial charge in [0.1, 0.15) is 0 Å². The Morgan fingerprint density at radius 1 is 1.38 bits per heavy atom. The van der Waals surface area contributed by atoms with E-state index in [1.807, 2.05) is 26.0 Å². The smallest absolute Gasteiger partial charge is 0.252 e. The summed E-state index contributed by atoms with van der Waals surface area (Å²) >= 11 is 0. The Labute approximate surface area is 76.9 Å². The van der Waals surface area contributed by atoms with Crippen molar-refractivity contribution in [3.63, 3.8) is 0 Å². The zero-order valence-corrected chi connectivity index (χ0v) is 7.72. The highest BCUT2D eigenvalue weighted by Crippen LogP contribution is 2.31. The first-order valence-electron chi connectivity index (χ1n) is 4.23. The van der Waals surface area contributed by atoms with Crippen LogP contribution in [0, 0.1) is 0 Å². The van der Waals surface area contributed by atoms with Crippen molar-refractivity contribution in [1.29, 1.82) is 0 Å². The van der Waals surface area contributed by atoms with Crippen LogP contribution in [0.5, 0.6) is 0 Å². The quantitative estimate of drug-likeness (QED) is 0.584. The Hall–Kier alpha value is -1.51. The lowest BCUT2D eigenvalue weighted by atomic mass is 9.94. The number of amides is 1. The maximum Gasteiger partial charge on any atom is 0.252 e. The Balaban J connectivity index is 2.66. The fourth-order valence-electron chi connectivity index (χ4n) is 1.71. The second-order valence-corrected chi connectivity index (χ2v) is 3.88.